The number of nitrogens with one attached hydrogen (secondary N) is 1. The van der Waals surface area contributed by atoms with E-state index in [-0.39, 0.29) is 29.1 Å². The summed E-state index contributed by atoms with van der Waals surface area (Å²) in [7, 11) is 0. The van der Waals surface area contributed by atoms with Crippen LogP contribution in [0.5, 0.6) is 0 Å². The predicted molar refractivity (Wildman–Crippen MR) is 84.9 cm³/mol. The Kier molecular flexibility index (Phi) is 4.48. The maximum Gasteiger partial charge on any atom is 0.223 e. The van der Waals surface area contributed by atoms with Crippen molar-refractivity contribution in [2.75, 3.05) is 6.54 Å². The van der Waals surface area contributed by atoms with Crippen LogP contribution in [0.15, 0.2) is 24.3 Å². The van der Waals surface area contributed by atoms with E-state index in [9.17, 15) is 9.18 Å². The van der Waals surface area contributed by atoms with Crippen molar-refractivity contribution in [2.45, 2.75) is 56.4 Å². The second-order valence-corrected chi connectivity index (χ2v) is 6.98. The Balaban J connectivity index is 1.61. The van der Waals surface area contributed by atoms with Crippen LogP contribution in [0.2, 0.25) is 0 Å². The van der Waals surface area contributed by atoms with Crippen LogP contribution in [0.3, 0.4) is 0 Å². The maximum atomic E-state index is 13.1. The minimum atomic E-state index is -0.210. The fraction of sp³-hybridized carbons (Fsp3) is 0.611. The Labute approximate surface area is 131 Å². The Morgan fingerprint density at radius 2 is 1.95 bits per heavy atom. The quantitative estimate of drug-likeness (QED) is 0.898. The molecule has 0 saturated heterocycles. The van der Waals surface area contributed by atoms with Crippen LogP contribution in [0.4, 0.5) is 4.39 Å². The molecule has 3 nitrogen and oxygen atoms in total. The van der Waals surface area contributed by atoms with Gasteiger partial charge < -0.3 is 11.1 Å². The molecule has 3 rings (SSSR count). The first-order chi connectivity index (χ1) is 10.6. The summed E-state index contributed by atoms with van der Waals surface area (Å²) in [5.41, 5.74) is 7.11. The smallest absolute Gasteiger partial charge is 0.223 e. The molecule has 0 radical (unpaired) electrons. The lowest BCUT2D eigenvalue weighted by Crippen LogP contribution is -2.47. The van der Waals surface area contributed by atoms with Gasteiger partial charge in [0.15, 0.2) is 0 Å². The van der Waals surface area contributed by atoms with Crippen LogP contribution >= 0.6 is 0 Å². The highest BCUT2D eigenvalue weighted by molar-refractivity contribution is 5.79. The minimum Gasteiger partial charge on any atom is -0.355 e. The van der Waals surface area contributed by atoms with Crippen molar-refractivity contribution in [2.24, 2.45) is 11.7 Å². The number of rotatable bonds is 4. The molecule has 1 aromatic carbocycles. The first kappa shape index (κ1) is 15.5. The van der Waals surface area contributed by atoms with Crippen molar-refractivity contribution < 1.29 is 9.18 Å². The first-order valence-electron chi connectivity index (χ1n) is 8.38. The summed E-state index contributed by atoms with van der Waals surface area (Å²) >= 11 is 0. The molecule has 2 saturated carbocycles. The number of amides is 1. The number of halogens is 1. The van der Waals surface area contributed by atoms with Crippen LogP contribution < -0.4 is 11.1 Å². The van der Waals surface area contributed by atoms with Gasteiger partial charge in [0.05, 0.1) is 0 Å². The van der Waals surface area contributed by atoms with E-state index in [1.807, 2.05) is 12.1 Å². The van der Waals surface area contributed by atoms with Crippen LogP contribution in [-0.2, 0) is 10.2 Å². The van der Waals surface area contributed by atoms with E-state index in [1.165, 1.54) is 18.6 Å². The summed E-state index contributed by atoms with van der Waals surface area (Å²) in [4.78, 5) is 12.4. The van der Waals surface area contributed by atoms with E-state index in [1.54, 1.807) is 0 Å². The fourth-order valence-electron chi connectivity index (χ4n) is 3.84. The molecule has 2 aliphatic rings. The van der Waals surface area contributed by atoms with Crippen LogP contribution in [0.25, 0.3) is 0 Å². The van der Waals surface area contributed by atoms with Crippen molar-refractivity contribution >= 4 is 5.91 Å². The van der Waals surface area contributed by atoms with Crippen molar-refractivity contribution in [3.8, 4) is 0 Å². The van der Waals surface area contributed by atoms with E-state index in [0.717, 1.165) is 44.1 Å². The zero-order chi connectivity index (χ0) is 15.6. The molecule has 3 N–H and O–H groups in total. The molecule has 2 unspecified atom stereocenters. The van der Waals surface area contributed by atoms with Gasteiger partial charge in [0.25, 0.3) is 0 Å². The number of hydrogen-bond acceptors (Lipinski definition) is 2. The summed E-state index contributed by atoms with van der Waals surface area (Å²) in [6.45, 7) is 0.656. The second-order valence-electron chi connectivity index (χ2n) is 6.98. The molecule has 0 heterocycles. The molecule has 1 amide bonds. The number of carbonyl (C=O) groups is 1. The van der Waals surface area contributed by atoms with Gasteiger partial charge in [0.2, 0.25) is 5.91 Å². The zero-order valence-electron chi connectivity index (χ0n) is 13.0. The summed E-state index contributed by atoms with van der Waals surface area (Å²) in [6.07, 6.45) is 7.11. The first-order valence-corrected chi connectivity index (χ1v) is 8.38. The van der Waals surface area contributed by atoms with Gasteiger partial charge in [-0.1, -0.05) is 25.0 Å². The highest BCUT2D eigenvalue weighted by Gasteiger charge is 2.39. The lowest BCUT2D eigenvalue weighted by molar-refractivity contribution is -0.126. The highest BCUT2D eigenvalue weighted by Crippen LogP contribution is 2.43. The predicted octanol–water partition coefficient (Wildman–Crippen LogP) is 2.88. The van der Waals surface area contributed by atoms with Crippen molar-refractivity contribution in [3.05, 3.63) is 35.6 Å². The number of carbonyl (C=O) groups excluding carboxylic acids is 1. The SMILES string of the molecule is NC1CCCC(C(=O)NCC2(c3ccc(F)cc3)CCC2)C1. The van der Waals surface area contributed by atoms with E-state index >= 15 is 0 Å². The molecule has 0 bridgehead atoms. The monoisotopic (exact) mass is 304 g/mol. The van der Waals surface area contributed by atoms with Gasteiger partial charge in [-0.05, 0) is 49.8 Å². The van der Waals surface area contributed by atoms with Gasteiger partial charge in [-0.15, -0.1) is 0 Å². The van der Waals surface area contributed by atoms with Gasteiger partial charge in [-0.2, -0.15) is 0 Å². The molecule has 2 fully saturated rings. The second kappa shape index (κ2) is 6.37. The third kappa shape index (κ3) is 3.17. The van der Waals surface area contributed by atoms with E-state index in [2.05, 4.69) is 5.32 Å². The fourth-order valence-corrected chi connectivity index (χ4v) is 3.84. The molecule has 2 aliphatic carbocycles. The molecule has 22 heavy (non-hydrogen) atoms. The Morgan fingerprint density at radius 3 is 2.55 bits per heavy atom. The third-order valence-corrected chi connectivity index (χ3v) is 5.45. The molecule has 1 aromatic rings. The van der Waals surface area contributed by atoms with Crippen molar-refractivity contribution in [1.29, 1.82) is 0 Å². The maximum absolute atomic E-state index is 13.1. The summed E-state index contributed by atoms with van der Waals surface area (Å²) < 4.78 is 13.1. The number of benzene rings is 1. The van der Waals surface area contributed by atoms with Gasteiger partial charge >= 0.3 is 0 Å². The zero-order valence-corrected chi connectivity index (χ0v) is 13.0. The van der Waals surface area contributed by atoms with Gasteiger partial charge in [-0.25, -0.2) is 4.39 Å². The molecule has 0 spiro atoms. The summed E-state index contributed by atoms with van der Waals surface area (Å²) in [5, 5.41) is 3.14. The Morgan fingerprint density at radius 1 is 1.23 bits per heavy atom. The standard InChI is InChI=1S/C18H25FN2O/c19-15-7-5-14(6-8-15)18(9-2-10-18)12-21-17(22)13-3-1-4-16(20)11-13/h5-8,13,16H,1-4,9-12,20H2,(H,21,22). The Bertz CT molecular complexity index is 524. The van der Waals surface area contributed by atoms with Crippen molar-refractivity contribution in [1.82, 2.24) is 5.32 Å². The molecule has 120 valence electrons. The normalized spacial score (nSPS) is 27.0. The highest BCUT2D eigenvalue weighted by atomic mass is 19.1. The molecular weight excluding hydrogens is 279 g/mol. The van der Waals surface area contributed by atoms with Gasteiger partial charge in [0.1, 0.15) is 5.82 Å². The molecule has 4 heteroatoms. The molecule has 2 atom stereocenters. The molecule has 0 aliphatic heterocycles. The lowest BCUT2D eigenvalue weighted by atomic mass is 9.64. The number of hydrogen-bond donors (Lipinski definition) is 2. The largest absolute Gasteiger partial charge is 0.355 e. The Hall–Kier alpha value is -1.42. The topological polar surface area (TPSA) is 55.1 Å². The molecular formula is C18H25FN2O. The van der Waals surface area contributed by atoms with Crippen LogP contribution in [-0.4, -0.2) is 18.5 Å². The van der Waals surface area contributed by atoms with E-state index < -0.39 is 0 Å². The van der Waals surface area contributed by atoms with Gasteiger partial charge in [-0.3, -0.25) is 4.79 Å². The lowest BCUT2D eigenvalue weighted by Gasteiger charge is -2.43. The average Bonchev–Trinajstić information content (AvgIpc) is 2.47. The summed E-state index contributed by atoms with van der Waals surface area (Å²) in [6, 6.07) is 6.91. The van der Waals surface area contributed by atoms with Crippen LogP contribution in [0, 0.1) is 11.7 Å². The van der Waals surface area contributed by atoms with E-state index in [4.69, 9.17) is 5.73 Å². The van der Waals surface area contributed by atoms with E-state index in [0.29, 0.717) is 6.54 Å². The van der Waals surface area contributed by atoms with Crippen LogP contribution in [0.1, 0.15) is 50.5 Å². The summed E-state index contributed by atoms with van der Waals surface area (Å²) in [5.74, 6) is -0.00363. The third-order valence-electron chi connectivity index (χ3n) is 5.45. The minimum absolute atomic E-state index is 0.000142. The molecule has 0 aromatic heterocycles. The number of nitrogens with two attached hydrogens (primary N) is 1. The van der Waals surface area contributed by atoms with Gasteiger partial charge in [0, 0.05) is 23.9 Å². The average molecular weight is 304 g/mol. The van der Waals surface area contributed by atoms with Crippen molar-refractivity contribution in [3.63, 3.8) is 0 Å².